The van der Waals surface area contributed by atoms with Crippen LogP contribution in [-0.2, 0) is 27.5 Å². The van der Waals surface area contributed by atoms with Gasteiger partial charge in [-0.15, -0.1) is 21.5 Å². The van der Waals surface area contributed by atoms with Gasteiger partial charge < -0.3 is 14.5 Å². The number of aromatic nitrogens is 5. The van der Waals surface area contributed by atoms with Crippen molar-refractivity contribution in [2.24, 2.45) is 11.8 Å². The lowest BCUT2D eigenvalue weighted by Crippen LogP contribution is -2.17. The molecule has 0 saturated carbocycles. The summed E-state index contributed by atoms with van der Waals surface area (Å²) in [7, 11) is -3.72. The van der Waals surface area contributed by atoms with Crippen LogP contribution < -0.4 is 5.32 Å². The summed E-state index contributed by atoms with van der Waals surface area (Å²) in [6, 6.07) is 8.60. The van der Waals surface area contributed by atoms with Crippen molar-refractivity contribution in [1.82, 2.24) is 25.1 Å². The number of nitrogens with one attached hydrogen (secondary N) is 1. The number of anilines is 1. The maximum atomic E-state index is 14.2. The third-order valence-corrected chi connectivity index (χ3v) is 12.1. The molecule has 7 rings (SSSR count). The van der Waals surface area contributed by atoms with Crippen molar-refractivity contribution < 1.29 is 22.0 Å². The summed E-state index contributed by atoms with van der Waals surface area (Å²) >= 11 is 1.41. The van der Waals surface area contributed by atoms with Gasteiger partial charge in [0.1, 0.15) is 17.5 Å². The van der Waals surface area contributed by atoms with Gasteiger partial charge in [0.25, 0.3) is 0 Å². The lowest BCUT2D eigenvalue weighted by molar-refractivity contribution is 0.0639. The maximum Gasteiger partial charge on any atom is 0.250 e. The third-order valence-electron chi connectivity index (χ3n) is 9.13. The van der Waals surface area contributed by atoms with E-state index in [-0.39, 0.29) is 40.5 Å². The number of halogens is 1. The van der Waals surface area contributed by atoms with Crippen molar-refractivity contribution in [3.63, 3.8) is 0 Å². The molecule has 0 spiro atoms. The first-order valence-corrected chi connectivity index (χ1v) is 18.5. The van der Waals surface area contributed by atoms with E-state index in [1.54, 1.807) is 25.3 Å². The first-order chi connectivity index (χ1) is 23.1. The molecule has 5 aromatic heterocycles. The number of ether oxygens (including phenoxy) is 1. The summed E-state index contributed by atoms with van der Waals surface area (Å²) in [5.41, 5.74) is 2.73. The number of hydrogen-bond donors (Lipinski definition) is 1. The molecule has 1 saturated heterocycles. The highest BCUT2D eigenvalue weighted by atomic mass is 32.2. The molecule has 5 aromatic rings. The van der Waals surface area contributed by atoms with Gasteiger partial charge in [-0.2, -0.15) is 9.65 Å². The van der Waals surface area contributed by atoms with Gasteiger partial charge in [0.2, 0.25) is 17.7 Å². The van der Waals surface area contributed by atoms with Gasteiger partial charge in [0.05, 0.1) is 44.5 Å². The molecule has 14 heteroatoms. The van der Waals surface area contributed by atoms with Gasteiger partial charge in [-0.1, -0.05) is 13.8 Å². The fourth-order valence-electron chi connectivity index (χ4n) is 6.57. The molecule has 48 heavy (non-hydrogen) atoms. The summed E-state index contributed by atoms with van der Waals surface area (Å²) in [6.07, 6.45) is 5.11. The van der Waals surface area contributed by atoms with Crippen molar-refractivity contribution in [2.45, 2.75) is 63.8 Å². The summed E-state index contributed by atoms with van der Waals surface area (Å²) < 4.78 is 54.8. The number of nitriles is 1. The van der Waals surface area contributed by atoms with E-state index in [0.717, 1.165) is 48.3 Å². The van der Waals surface area contributed by atoms with E-state index in [0.29, 0.717) is 51.4 Å². The van der Waals surface area contributed by atoms with Crippen molar-refractivity contribution in [1.29, 1.82) is 5.26 Å². The Bertz CT molecular complexity index is 2170. The Balaban J connectivity index is 1.39. The Hall–Kier alpha value is -4.32. The highest BCUT2D eigenvalue weighted by Gasteiger charge is 2.43. The van der Waals surface area contributed by atoms with E-state index in [4.69, 9.17) is 19.4 Å². The molecule has 1 N–H and O–H groups in total. The maximum absolute atomic E-state index is 14.2. The van der Waals surface area contributed by atoms with Gasteiger partial charge in [0, 0.05) is 42.7 Å². The molecule has 7 heterocycles. The number of sulfone groups is 1. The first-order valence-electron chi connectivity index (χ1n) is 16.0. The van der Waals surface area contributed by atoms with E-state index in [9.17, 15) is 12.8 Å². The van der Waals surface area contributed by atoms with Gasteiger partial charge >= 0.3 is 0 Å². The van der Waals surface area contributed by atoms with E-state index < -0.39 is 15.8 Å². The highest BCUT2D eigenvalue weighted by Crippen LogP contribution is 2.51. The summed E-state index contributed by atoms with van der Waals surface area (Å²) in [4.78, 5) is 14.5. The van der Waals surface area contributed by atoms with Crippen LogP contribution in [0.1, 0.15) is 67.6 Å². The molecule has 0 unspecified atom stereocenters. The van der Waals surface area contributed by atoms with Crippen molar-refractivity contribution in [2.75, 3.05) is 24.3 Å². The second kappa shape index (κ2) is 12.9. The molecule has 0 aliphatic carbocycles. The fraction of sp³-hybridized carbons (Fsp3) is 0.412. The number of pyridine rings is 3. The largest absolute Gasteiger partial charge is 0.421 e. The van der Waals surface area contributed by atoms with Crippen LogP contribution in [-0.4, -0.2) is 52.5 Å². The average Bonchev–Trinajstić information content (AvgIpc) is 3.78. The molecule has 0 radical (unpaired) electrons. The van der Waals surface area contributed by atoms with Crippen LogP contribution in [0, 0.1) is 36.0 Å². The van der Waals surface area contributed by atoms with E-state index >= 15 is 0 Å². The predicted octanol–water partition coefficient (Wildman–Crippen LogP) is 6.62. The van der Waals surface area contributed by atoms with Gasteiger partial charge in [-0.05, 0) is 67.2 Å². The monoisotopic (exact) mass is 687 g/mol. The Morgan fingerprint density at radius 1 is 1.15 bits per heavy atom. The molecule has 248 valence electrons. The van der Waals surface area contributed by atoms with Gasteiger partial charge in [-0.3, -0.25) is 4.98 Å². The minimum Gasteiger partial charge on any atom is -0.421 e. The second-order valence-corrected chi connectivity index (χ2v) is 15.7. The molecule has 1 atom stereocenters. The Kier molecular flexibility index (Phi) is 8.69. The Morgan fingerprint density at radius 2 is 1.96 bits per heavy atom. The average molecular weight is 688 g/mol. The molecule has 0 bridgehead atoms. The van der Waals surface area contributed by atoms with Crippen LogP contribution in [0.25, 0.3) is 32.0 Å². The molecule has 11 nitrogen and oxygen atoms in total. The van der Waals surface area contributed by atoms with Crippen LogP contribution in [0.15, 0.2) is 39.8 Å². The summed E-state index contributed by atoms with van der Waals surface area (Å²) in [6.45, 7) is 7.41. The van der Waals surface area contributed by atoms with Crippen LogP contribution in [0.5, 0.6) is 0 Å². The van der Waals surface area contributed by atoms with Crippen LogP contribution >= 0.6 is 11.3 Å². The summed E-state index contributed by atoms with van der Waals surface area (Å²) in [5, 5.41) is 21.7. The minimum atomic E-state index is -3.72. The Morgan fingerprint density at radius 3 is 2.67 bits per heavy atom. The van der Waals surface area contributed by atoms with Crippen LogP contribution in [0.2, 0.25) is 0 Å². The lowest BCUT2D eigenvalue weighted by Gasteiger charge is -2.23. The van der Waals surface area contributed by atoms with Crippen LogP contribution in [0.3, 0.4) is 0 Å². The number of fused-ring (bicyclic) bond motifs is 2. The van der Waals surface area contributed by atoms with E-state index in [2.05, 4.69) is 25.5 Å². The smallest absolute Gasteiger partial charge is 0.250 e. The lowest BCUT2D eigenvalue weighted by atomic mass is 9.89. The Labute approximate surface area is 281 Å². The number of hydrogen-bond acceptors (Lipinski definition) is 12. The van der Waals surface area contributed by atoms with Crippen molar-refractivity contribution in [3.05, 3.63) is 64.9 Å². The zero-order valence-corrected chi connectivity index (χ0v) is 28.4. The zero-order chi connectivity index (χ0) is 33.6. The highest BCUT2D eigenvalue weighted by molar-refractivity contribution is 7.92. The minimum absolute atomic E-state index is 0.0148. The fourth-order valence-corrected chi connectivity index (χ4v) is 10.0. The molecule has 2 aliphatic heterocycles. The van der Waals surface area contributed by atoms with Crippen molar-refractivity contribution in [3.8, 4) is 28.0 Å². The molecular weight excluding hydrogens is 654 g/mol. The van der Waals surface area contributed by atoms with Crippen molar-refractivity contribution >= 4 is 37.1 Å². The standard InChI is InChI=1S/C34H34FN7O4S2/c1-18(2)24-17-48(43,44)31-28(27(34-42-41-19(3)46-34)25(40-29(24)31)7-4-20-9-12-45-13-10-20)26-14-21-8-11-37-33(30(21)47-26)38-16-23-6-5-22(15-36)32(35)39-23/h5-6,8,11,14,18,20,24H,4,7,9-10,12-13,16-17H2,1-3H3,(H,37,38)/t24-/m1/s1. The SMILES string of the molecule is Cc1nnc(-c2c(CCC3CCOCC3)nc3c(c2-c2cc4ccnc(NCc5ccc(C#N)c(F)n5)c4s2)S(=O)(=O)C[C@@H]3C(C)C)o1. The number of nitrogens with zero attached hydrogens (tertiary/aromatic N) is 6. The van der Waals surface area contributed by atoms with E-state index in [1.165, 1.54) is 17.4 Å². The zero-order valence-electron chi connectivity index (χ0n) is 26.8. The molecule has 2 aliphatic rings. The third kappa shape index (κ3) is 6.06. The summed E-state index contributed by atoms with van der Waals surface area (Å²) in [5.74, 6) is 0.591. The van der Waals surface area contributed by atoms with Gasteiger partial charge in [0.15, 0.2) is 9.84 Å². The topological polar surface area (TPSA) is 157 Å². The van der Waals surface area contributed by atoms with Crippen LogP contribution in [0.4, 0.5) is 10.2 Å². The predicted molar refractivity (Wildman–Crippen MR) is 179 cm³/mol. The number of thiophene rings is 1. The molecule has 0 aromatic carbocycles. The second-order valence-electron chi connectivity index (χ2n) is 12.7. The molecular formula is C34H34FN7O4S2. The van der Waals surface area contributed by atoms with E-state index in [1.807, 2.05) is 26.0 Å². The molecule has 1 fully saturated rings. The number of rotatable bonds is 9. The molecule has 0 amide bonds. The quantitative estimate of drug-likeness (QED) is 0.166. The number of aryl methyl sites for hydroxylation is 2. The first kappa shape index (κ1) is 32.2. The van der Waals surface area contributed by atoms with Gasteiger partial charge in [-0.25, -0.2) is 18.4 Å². The normalized spacial score (nSPS) is 17.5.